The molecule has 1 aliphatic rings. The van der Waals surface area contributed by atoms with Gasteiger partial charge >= 0.3 is 13.6 Å². The average molecular weight is 519 g/mol. The summed E-state index contributed by atoms with van der Waals surface area (Å²) >= 11 is 0. The minimum Gasteiger partial charge on any atom is -0.428 e. The van der Waals surface area contributed by atoms with Crippen LogP contribution in [0, 0.1) is 0 Å². The average Bonchev–Trinajstić information content (AvgIpc) is 2.85. The summed E-state index contributed by atoms with van der Waals surface area (Å²) in [5.74, 6) is -0.482. The third-order valence-electron chi connectivity index (χ3n) is 5.43. The monoisotopic (exact) mass is 518 g/mol. The minimum absolute atomic E-state index is 0.0933. The number of rotatable bonds is 13. The van der Waals surface area contributed by atoms with Crippen LogP contribution in [0.15, 0.2) is 71.7 Å². The van der Waals surface area contributed by atoms with E-state index in [-0.39, 0.29) is 37.5 Å². The van der Waals surface area contributed by atoms with E-state index in [1.165, 1.54) is 6.92 Å². The van der Waals surface area contributed by atoms with Gasteiger partial charge in [0.15, 0.2) is 5.76 Å². The van der Waals surface area contributed by atoms with Gasteiger partial charge in [-0.1, -0.05) is 60.7 Å². The second-order valence-corrected chi connectivity index (χ2v) is 10.2. The van der Waals surface area contributed by atoms with E-state index in [1.54, 1.807) is 20.8 Å². The summed E-state index contributed by atoms with van der Waals surface area (Å²) in [5.41, 5.74) is 1.93. The molecule has 0 bridgehead atoms. The molecule has 36 heavy (non-hydrogen) atoms. The first-order valence-corrected chi connectivity index (χ1v) is 13.7. The van der Waals surface area contributed by atoms with Crippen molar-refractivity contribution in [1.82, 2.24) is 0 Å². The molecular weight excluding hydrogens is 483 g/mol. The molecule has 2 aromatic carbocycles. The fraction of sp³-hybridized carbons (Fsp3) is 0.444. The van der Waals surface area contributed by atoms with E-state index in [0.29, 0.717) is 6.61 Å². The predicted molar refractivity (Wildman–Crippen MR) is 135 cm³/mol. The maximum absolute atomic E-state index is 13.8. The number of hydrogen-bond donors (Lipinski definition) is 0. The van der Waals surface area contributed by atoms with Crippen LogP contribution in [0.5, 0.6) is 0 Å². The van der Waals surface area contributed by atoms with Crippen molar-refractivity contribution < 1.29 is 37.4 Å². The van der Waals surface area contributed by atoms with Crippen LogP contribution >= 0.6 is 7.60 Å². The van der Waals surface area contributed by atoms with Gasteiger partial charge in [-0.25, -0.2) is 0 Å². The van der Waals surface area contributed by atoms with Crippen LogP contribution in [-0.2, 0) is 50.6 Å². The summed E-state index contributed by atoms with van der Waals surface area (Å²) in [6.45, 7) is 7.46. The van der Waals surface area contributed by atoms with E-state index in [1.807, 2.05) is 60.7 Å². The van der Waals surface area contributed by atoms with Gasteiger partial charge in [-0.2, -0.15) is 0 Å². The maximum atomic E-state index is 13.8. The molecule has 0 aliphatic carbocycles. The lowest BCUT2D eigenvalue weighted by Gasteiger charge is -2.39. The highest BCUT2D eigenvalue weighted by Crippen LogP contribution is 2.60. The minimum atomic E-state index is -3.84. The first-order chi connectivity index (χ1) is 17.4. The van der Waals surface area contributed by atoms with Crippen molar-refractivity contribution in [3.8, 4) is 0 Å². The Bertz CT molecular complexity index is 1030. The largest absolute Gasteiger partial charge is 0.428 e. The number of carbonyl (C=O) groups is 1. The quantitative estimate of drug-likeness (QED) is 0.250. The third-order valence-corrected chi connectivity index (χ3v) is 7.80. The molecule has 3 rings (SSSR count). The van der Waals surface area contributed by atoms with Crippen molar-refractivity contribution in [2.75, 3.05) is 19.8 Å². The van der Waals surface area contributed by atoms with Crippen LogP contribution in [0.1, 0.15) is 38.8 Å². The van der Waals surface area contributed by atoms with Gasteiger partial charge in [-0.05, 0) is 31.9 Å². The lowest BCUT2D eigenvalue weighted by atomic mass is 10.1. The van der Waals surface area contributed by atoms with Gasteiger partial charge in [0, 0.05) is 6.92 Å². The molecule has 2 aromatic rings. The number of esters is 1. The standard InChI is InChI=1S/C27H35O8P/c1-5-32-36(29,33-6-2)27-20(3)34-24(19-30-17-22-13-9-7-10-14-22)25(26(27)35-21(4)28)31-18-23-15-11-8-12-16-23/h7-16,20,24-25H,5-6,17-19H2,1-4H3/t20-,24-,25-/m1/s1. The molecule has 0 saturated carbocycles. The predicted octanol–water partition coefficient (Wildman–Crippen LogP) is 5.62. The Morgan fingerprint density at radius 3 is 2.00 bits per heavy atom. The summed E-state index contributed by atoms with van der Waals surface area (Å²) in [6, 6.07) is 19.3. The molecule has 0 fully saturated rings. The molecule has 0 aromatic heterocycles. The van der Waals surface area contributed by atoms with Gasteiger partial charge in [-0.3, -0.25) is 9.36 Å². The molecular formula is C27H35O8P. The Morgan fingerprint density at radius 2 is 1.47 bits per heavy atom. The SMILES string of the molecule is CCOP(=O)(OCC)C1=C(OC(C)=O)[C@H](OCc2ccccc2)[C@@H](COCc2ccccc2)O[C@@H]1C. The summed E-state index contributed by atoms with van der Waals surface area (Å²) in [6.07, 6.45) is -2.25. The Morgan fingerprint density at radius 1 is 0.917 bits per heavy atom. The second kappa shape index (κ2) is 13.8. The zero-order valence-corrected chi connectivity index (χ0v) is 22.1. The van der Waals surface area contributed by atoms with Gasteiger partial charge in [-0.15, -0.1) is 0 Å². The van der Waals surface area contributed by atoms with E-state index >= 15 is 0 Å². The van der Waals surface area contributed by atoms with Crippen LogP contribution < -0.4 is 0 Å². The summed E-state index contributed by atoms with van der Waals surface area (Å²) in [7, 11) is -3.84. The first kappa shape index (κ1) is 28.3. The van der Waals surface area contributed by atoms with E-state index in [4.69, 9.17) is 28.0 Å². The molecule has 0 N–H and O–H groups in total. The Balaban J connectivity index is 1.96. The molecule has 0 unspecified atom stereocenters. The van der Waals surface area contributed by atoms with Crippen molar-refractivity contribution in [1.29, 1.82) is 0 Å². The van der Waals surface area contributed by atoms with Crippen molar-refractivity contribution in [3.05, 3.63) is 82.9 Å². The summed E-state index contributed by atoms with van der Waals surface area (Å²) < 4.78 is 49.2. The highest BCUT2D eigenvalue weighted by Gasteiger charge is 2.47. The number of hydrogen-bond acceptors (Lipinski definition) is 8. The van der Waals surface area contributed by atoms with Crippen LogP contribution in [0.4, 0.5) is 0 Å². The summed E-state index contributed by atoms with van der Waals surface area (Å²) in [4.78, 5) is 12.2. The number of benzene rings is 2. The Labute approximate surface area is 213 Å². The van der Waals surface area contributed by atoms with Crippen molar-refractivity contribution >= 4 is 13.6 Å². The zero-order chi connectivity index (χ0) is 26.0. The molecule has 1 aliphatic heterocycles. The van der Waals surface area contributed by atoms with Crippen molar-refractivity contribution in [3.63, 3.8) is 0 Å². The van der Waals surface area contributed by atoms with Gasteiger partial charge in [0.25, 0.3) is 0 Å². The molecule has 9 heteroatoms. The van der Waals surface area contributed by atoms with Crippen LogP contribution in [0.2, 0.25) is 0 Å². The molecule has 0 saturated heterocycles. The molecule has 0 amide bonds. The van der Waals surface area contributed by atoms with E-state index in [0.717, 1.165) is 11.1 Å². The van der Waals surface area contributed by atoms with Crippen molar-refractivity contribution in [2.45, 2.75) is 59.2 Å². The van der Waals surface area contributed by atoms with Gasteiger partial charge in [0.2, 0.25) is 0 Å². The topological polar surface area (TPSA) is 89.5 Å². The number of ether oxygens (including phenoxy) is 4. The van der Waals surface area contributed by atoms with E-state index < -0.39 is 31.9 Å². The zero-order valence-electron chi connectivity index (χ0n) is 21.3. The van der Waals surface area contributed by atoms with Crippen LogP contribution in [0.25, 0.3) is 0 Å². The van der Waals surface area contributed by atoms with E-state index in [9.17, 15) is 9.36 Å². The lowest BCUT2D eigenvalue weighted by molar-refractivity contribution is -0.155. The Kier molecular flexibility index (Phi) is 10.9. The fourth-order valence-corrected chi connectivity index (χ4v) is 5.97. The fourth-order valence-electron chi connectivity index (χ4n) is 3.99. The summed E-state index contributed by atoms with van der Waals surface area (Å²) in [5, 5.41) is 0.152. The second-order valence-electron chi connectivity index (χ2n) is 8.21. The Hall–Kier alpha value is -2.32. The van der Waals surface area contributed by atoms with Gasteiger partial charge in [0.05, 0.1) is 39.1 Å². The molecule has 0 radical (unpaired) electrons. The highest BCUT2D eigenvalue weighted by molar-refractivity contribution is 7.58. The van der Waals surface area contributed by atoms with Crippen LogP contribution in [-0.4, -0.2) is 44.1 Å². The van der Waals surface area contributed by atoms with Crippen molar-refractivity contribution in [2.24, 2.45) is 0 Å². The first-order valence-electron chi connectivity index (χ1n) is 12.1. The molecule has 3 atom stereocenters. The van der Waals surface area contributed by atoms with Gasteiger partial charge in [0.1, 0.15) is 17.5 Å². The third kappa shape index (κ3) is 7.59. The molecule has 8 nitrogen and oxygen atoms in total. The highest BCUT2D eigenvalue weighted by atomic mass is 31.2. The molecule has 196 valence electrons. The van der Waals surface area contributed by atoms with E-state index in [2.05, 4.69) is 0 Å². The van der Waals surface area contributed by atoms with Gasteiger partial charge < -0.3 is 28.0 Å². The molecule has 1 heterocycles. The maximum Gasteiger partial charge on any atom is 0.363 e. The number of carbonyl (C=O) groups excluding carboxylic acids is 1. The normalized spacial score (nSPS) is 20.4. The van der Waals surface area contributed by atoms with Crippen LogP contribution in [0.3, 0.4) is 0 Å². The lowest BCUT2D eigenvalue weighted by Crippen LogP contribution is -2.45. The molecule has 0 spiro atoms. The smallest absolute Gasteiger partial charge is 0.363 e.